The molecule has 1 atom stereocenters. The lowest BCUT2D eigenvalue weighted by atomic mass is 9.99. The average Bonchev–Trinajstić information content (AvgIpc) is 2.41. The van der Waals surface area contributed by atoms with Crippen LogP contribution in [0.3, 0.4) is 0 Å². The summed E-state index contributed by atoms with van der Waals surface area (Å²) in [5.74, 6) is 0.772. The molecule has 1 aromatic heterocycles. The molecule has 3 nitrogen and oxygen atoms in total. The highest BCUT2D eigenvalue weighted by Gasteiger charge is 2.16. The monoisotopic (exact) mass is 267 g/mol. The van der Waals surface area contributed by atoms with Crippen molar-refractivity contribution >= 4 is 11.6 Å². The SMILES string of the molecule is CCN(Cc1cccnc1Cl)CC1CCCNC1. The minimum absolute atomic E-state index is 0.637. The summed E-state index contributed by atoms with van der Waals surface area (Å²) in [5.41, 5.74) is 1.13. The van der Waals surface area contributed by atoms with Gasteiger partial charge in [0.25, 0.3) is 0 Å². The average molecular weight is 268 g/mol. The van der Waals surface area contributed by atoms with Gasteiger partial charge in [-0.3, -0.25) is 4.90 Å². The van der Waals surface area contributed by atoms with Crippen LogP contribution in [0.15, 0.2) is 18.3 Å². The third kappa shape index (κ3) is 3.94. The fraction of sp³-hybridized carbons (Fsp3) is 0.643. The number of hydrogen-bond acceptors (Lipinski definition) is 3. The highest BCUT2D eigenvalue weighted by molar-refractivity contribution is 6.30. The van der Waals surface area contributed by atoms with Crippen LogP contribution in [0.25, 0.3) is 0 Å². The second-order valence-electron chi connectivity index (χ2n) is 4.99. The summed E-state index contributed by atoms with van der Waals surface area (Å²) < 4.78 is 0. The third-order valence-corrected chi connectivity index (χ3v) is 3.93. The predicted molar refractivity (Wildman–Crippen MR) is 75.8 cm³/mol. The summed E-state index contributed by atoms with van der Waals surface area (Å²) in [7, 11) is 0. The molecule has 1 fully saturated rings. The molecule has 2 heterocycles. The highest BCUT2D eigenvalue weighted by Crippen LogP contribution is 2.17. The number of aromatic nitrogens is 1. The molecule has 100 valence electrons. The Kier molecular flexibility index (Phi) is 5.42. The van der Waals surface area contributed by atoms with Crippen molar-refractivity contribution < 1.29 is 0 Å². The first-order valence-corrected chi connectivity index (χ1v) is 7.20. The van der Waals surface area contributed by atoms with Gasteiger partial charge in [0.2, 0.25) is 0 Å². The second kappa shape index (κ2) is 7.07. The van der Waals surface area contributed by atoms with Crippen LogP contribution in [-0.4, -0.2) is 36.1 Å². The lowest BCUT2D eigenvalue weighted by Gasteiger charge is -2.29. The van der Waals surface area contributed by atoms with Crippen LogP contribution >= 0.6 is 11.6 Å². The van der Waals surface area contributed by atoms with E-state index < -0.39 is 0 Å². The Morgan fingerprint density at radius 1 is 1.56 bits per heavy atom. The molecular weight excluding hydrogens is 246 g/mol. The van der Waals surface area contributed by atoms with Crippen molar-refractivity contribution in [2.45, 2.75) is 26.3 Å². The Bertz CT molecular complexity index is 364. The van der Waals surface area contributed by atoms with Crippen molar-refractivity contribution in [2.24, 2.45) is 5.92 Å². The minimum atomic E-state index is 0.637. The van der Waals surface area contributed by atoms with E-state index in [0.29, 0.717) is 5.15 Å². The summed E-state index contributed by atoms with van der Waals surface area (Å²) in [6, 6.07) is 4.02. The number of nitrogens with zero attached hydrogens (tertiary/aromatic N) is 2. The zero-order valence-electron chi connectivity index (χ0n) is 11.0. The maximum atomic E-state index is 6.12. The number of pyridine rings is 1. The molecule has 0 aromatic carbocycles. The van der Waals surface area contributed by atoms with Gasteiger partial charge in [0.15, 0.2) is 0 Å². The molecule has 0 bridgehead atoms. The van der Waals surface area contributed by atoms with E-state index in [1.165, 1.54) is 19.4 Å². The van der Waals surface area contributed by atoms with Crippen LogP contribution in [0.5, 0.6) is 0 Å². The summed E-state index contributed by atoms with van der Waals surface area (Å²) in [6.07, 6.45) is 4.38. The normalized spacial score (nSPS) is 20.3. The lowest BCUT2D eigenvalue weighted by molar-refractivity contribution is 0.209. The zero-order chi connectivity index (χ0) is 12.8. The van der Waals surface area contributed by atoms with E-state index in [9.17, 15) is 0 Å². The Balaban J connectivity index is 1.90. The lowest BCUT2D eigenvalue weighted by Crippen LogP contribution is -2.38. The van der Waals surface area contributed by atoms with Crippen molar-refractivity contribution in [2.75, 3.05) is 26.2 Å². The van der Waals surface area contributed by atoms with Gasteiger partial charge in [-0.05, 0) is 44.5 Å². The number of nitrogens with one attached hydrogen (secondary N) is 1. The molecule has 1 aliphatic heterocycles. The van der Waals surface area contributed by atoms with E-state index >= 15 is 0 Å². The zero-order valence-corrected chi connectivity index (χ0v) is 11.8. The summed E-state index contributed by atoms with van der Waals surface area (Å²) in [4.78, 5) is 6.60. The Hall–Kier alpha value is -0.640. The van der Waals surface area contributed by atoms with Gasteiger partial charge in [-0.1, -0.05) is 24.6 Å². The van der Waals surface area contributed by atoms with Crippen molar-refractivity contribution in [1.82, 2.24) is 15.2 Å². The van der Waals surface area contributed by atoms with Crippen LogP contribution in [0.4, 0.5) is 0 Å². The van der Waals surface area contributed by atoms with E-state index in [-0.39, 0.29) is 0 Å². The van der Waals surface area contributed by atoms with E-state index in [1.54, 1.807) is 6.20 Å². The topological polar surface area (TPSA) is 28.2 Å². The van der Waals surface area contributed by atoms with E-state index in [0.717, 1.165) is 37.7 Å². The van der Waals surface area contributed by atoms with Crippen LogP contribution in [0.1, 0.15) is 25.3 Å². The van der Waals surface area contributed by atoms with Crippen LogP contribution < -0.4 is 5.32 Å². The molecule has 1 saturated heterocycles. The van der Waals surface area contributed by atoms with Crippen LogP contribution in [-0.2, 0) is 6.54 Å². The quantitative estimate of drug-likeness (QED) is 0.831. The molecule has 1 aliphatic rings. The van der Waals surface area contributed by atoms with Crippen molar-refractivity contribution in [3.63, 3.8) is 0 Å². The molecule has 2 rings (SSSR count). The first-order chi connectivity index (χ1) is 8.79. The maximum absolute atomic E-state index is 6.12. The first kappa shape index (κ1) is 13.8. The molecule has 0 saturated carbocycles. The molecular formula is C14H22ClN3. The van der Waals surface area contributed by atoms with Gasteiger partial charge in [0, 0.05) is 24.8 Å². The summed E-state index contributed by atoms with van der Waals surface area (Å²) in [6.45, 7) is 7.64. The molecule has 18 heavy (non-hydrogen) atoms. The molecule has 1 aromatic rings. The van der Waals surface area contributed by atoms with Gasteiger partial charge in [-0.25, -0.2) is 4.98 Å². The van der Waals surface area contributed by atoms with Crippen molar-refractivity contribution in [1.29, 1.82) is 0 Å². The van der Waals surface area contributed by atoms with Gasteiger partial charge in [-0.15, -0.1) is 0 Å². The smallest absolute Gasteiger partial charge is 0.133 e. The molecule has 0 radical (unpaired) electrons. The molecule has 0 amide bonds. The fourth-order valence-electron chi connectivity index (χ4n) is 2.53. The van der Waals surface area contributed by atoms with E-state index in [1.807, 2.05) is 6.07 Å². The highest BCUT2D eigenvalue weighted by atomic mass is 35.5. The molecule has 0 aliphatic carbocycles. The van der Waals surface area contributed by atoms with Gasteiger partial charge >= 0.3 is 0 Å². The van der Waals surface area contributed by atoms with Crippen molar-refractivity contribution in [3.8, 4) is 0 Å². The number of piperidine rings is 1. The number of halogens is 1. The Morgan fingerprint density at radius 3 is 3.11 bits per heavy atom. The van der Waals surface area contributed by atoms with Gasteiger partial charge in [0.05, 0.1) is 0 Å². The second-order valence-corrected chi connectivity index (χ2v) is 5.35. The summed E-state index contributed by atoms with van der Waals surface area (Å²) >= 11 is 6.12. The fourth-order valence-corrected chi connectivity index (χ4v) is 2.71. The maximum Gasteiger partial charge on any atom is 0.133 e. The Morgan fingerprint density at radius 2 is 2.44 bits per heavy atom. The van der Waals surface area contributed by atoms with Crippen LogP contribution in [0.2, 0.25) is 5.15 Å². The van der Waals surface area contributed by atoms with Gasteiger partial charge in [-0.2, -0.15) is 0 Å². The van der Waals surface area contributed by atoms with E-state index in [2.05, 4.69) is 28.2 Å². The molecule has 4 heteroatoms. The number of hydrogen-bond donors (Lipinski definition) is 1. The number of rotatable bonds is 5. The molecule has 1 N–H and O–H groups in total. The molecule has 1 unspecified atom stereocenters. The Labute approximate surface area is 115 Å². The summed E-state index contributed by atoms with van der Waals surface area (Å²) in [5, 5.41) is 4.11. The minimum Gasteiger partial charge on any atom is -0.316 e. The largest absolute Gasteiger partial charge is 0.316 e. The third-order valence-electron chi connectivity index (χ3n) is 3.59. The van der Waals surface area contributed by atoms with E-state index in [4.69, 9.17) is 11.6 Å². The molecule has 0 spiro atoms. The van der Waals surface area contributed by atoms with Gasteiger partial charge in [0.1, 0.15) is 5.15 Å². The van der Waals surface area contributed by atoms with Crippen molar-refractivity contribution in [3.05, 3.63) is 29.0 Å². The van der Waals surface area contributed by atoms with Crippen LogP contribution in [0, 0.1) is 5.92 Å². The predicted octanol–water partition coefficient (Wildman–Crippen LogP) is 2.56. The first-order valence-electron chi connectivity index (χ1n) is 6.82. The standard InChI is InChI=1S/C14H22ClN3/c1-2-18(10-12-5-3-7-16-9-12)11-13-6-4-8-17-14(13)15/h4,6,8,12,16H,2-3,5,7,9-11H2,1H3. The van der Waals surface area contributed by atoms with Gasteiger partial charge < -0.3 is 5.32 Å².